The van der Waals surface area contributed by atoms with Crippen molar-refractivity contribution in [1.29, 1.82) is 0 Å². The Morgan fingerprint density at radius 3 is 2.41 bits per heavy atom. The van der Waals surface area contributed by atoms with E-state index in [-0.39, 0.29) is 5.91 Å². The molecule has 1 atom stereocenters. The SMILES string of the molecule is CC1CCCN(C(=O)c2cnc(N3CCN(c4ccccn4)CC3)nc2)C1. The molecule has 2 aromatic rings. The second kappa shape index (κ2) is 7.90. The van der Waals surface area contributed by atoms with E-state index in [1.54, 1.807) is 12.4 Å². The maximum Gasteiger partial charge on any atom is 0.257 e. The van der Waals surface area contributed by atoms with Gasteiger partial charge in [0.05, 0.1) is 5.56 Å². The number of anilines is 2. The van der Waals surface area contributed by atoms with E-state index in [1.807, 2.05) is 29.3 Å². The van der Waals surface area contributed by atoms with Crippen molar-refractivity contribution in [2.45, 2.75) is 19.8 Å². The van der Waals surface area contributed by atoms with Crippen molar-refractivity contribution in [3.8, 4) is 0 Å². The maximum absolute atomic E-state index is 12.7. The van der Waals surface area contributed by atoms with Gasteiger partial charge < -0.3 is 14.7 Å². The van der Waals surface area contributed by atoms with Crippen molar-refractivity contribution in [3.63, 3.8) is 0 Å². The Morgan fingerprint density at radius 2 is 1.74 bits per heavy atom. The molecule has 1 amide bonds. The van der Waals surface area contributed by atoms with E-state index in [9.17, 15) is 4.79 Å². The number of carbonyl (C=O) groups excluding carboxylic acids is 1. The number of piperazine rings is 1. The number of carbonyl (C=O) groups is 1. The summed E-state index contributed by atoms with van der Waals surface area (Å²) in [4.78, 5) is 32.4. The Bertz CT molecular complexity index is 758. The molecule has 2 aliphatic rings. The monoisotopic (exact) mass is 366 g/mol. The fourth-order valence-electron chi connectivity index (χ4n) is 3.83. The molecule has 7 heteroatoms. The highest BCUT2D eigenvalue weighted by molar-refractivity contribution is 5.93. The number of hydrogen-bond donors (Lipinski definition) is 0. The predicted octanol–water partition coefficient (Wildman–Crippen LogP) is 2.07. The third kappa shape index (κ3) is 4.02. The number of rotatable bonds is 3. The van der Waals surface area contributed by atoms with Crippen LogP contribution < -0.4 is 9.80 Å². The molecule has 4 heterocycles. The second-order valence-electron chi connectivity index (χ2n) is 7.43. The molecule has 7 nitrogen and oxygen atoms in total. The number of aromatic nitrogens is 3. The van der Waals surface area contributed by atoms with Crippen LogP contribution in [0.5, 0.6) is 0 Å². The summed E-state index contributed by atoms with van der Waals surface area (Å²) >= 11 is 0. The van der Waals surface area contributed by atoms with Crippen molar-refractivity contribution in [3.05, 3.63) is 42.4 Å². The van der Waals surface area contributed by atoms with Gasteiger partial charge in [0.1, 0.15) is 5.82 Å². The van der Waals surface area contributed by atoms with E-state index >= 15 is 0 Å². The first-order valence-electron chi connectivity index (χ1n) is 9.73. The predicted molar refractivity (Wildman–Crippen MR) is 105 cm³/mol. The van der Waals surface area contributed by atoms with Gasteiger partial charge in [-0.3, -0.25) is 4.79 Å². The van der Waals surface area contributed by atoms with Gasteiger partial charge in [0.15, 0.2) is 0 Å². The average Bonchev–Trinajstić information content (AvgIpc) is 2.74. The van der Waals surface area contributed by atoms with Gasteiger partial charge in [-0.25, -0.2) is 15.0 Å². The summed E-state index contributed by atoms with van der Waals surface area (Å²) in [5.74, 6) is 2.32. The zero-order chi connectivity index (χ0) is 18.6. The zero-order valence-electron chi connectivity index (χ0n) is 15.8. The Hall–Kier alpha value is -2.70. The highest BCUT2D eigenvalue weighted by Crippen LogP contribution is 2.19. The van der Waals surface area contributed by atoms with Crippen LogP contribution in [0.1, 0.15) is 30.1 Å². The standard InChI is InChI=1S/C20H26N6O/c1-16-5-4-8-26(15-16)19(27)17-13-22-20(23-14-17)25-11-9-24(10-12-25)18-6-2-3-7-21-18/h2-3,6-7,13-14,16H,4-5,8-12,15H2,1H3. The van der Waals surface area contributed by atoms with Crippen LogP contribution in [-0.2, 0) is 0 Å². The van der Waals surface area contributed by atoms with Crippen LogP contribution in [0.25, 0.3) is 0 Å². The van der Waals surface area contributed by atoms with Crippen molar-refractivity contribution in [2.75, 3.05) is 49.1 Å². The Balaban J connectivity index is 1.36. The van der Waals surface area contributed by atoms with E-state index in [0.717, 1.165) is 51.5 Å². The molecule has 27 heavy (non-hydrogen) atoms. The summed E-state index contributed by atoms with van der Waals surface area (Å²) in [6.45, 7) is 7.31. The molecule has 0 saturated carbocycles. The molecular weight excluding hydrogens is 340 g/mol. The molecule has 0 spiro atoms. The summed E-state index contributed by atoms with van der Waals surface area (Å²) < 4.78 is 0. The molecular formula is C20H26N6O. The van der Waals surface area contributed by atoms with Crippen LogP contribution in [0, 0.1) is 5.92 Å². The number of nitrogens with zero attached hydrogens (tertiary/aromatic N) is 6. The Kier molecular flexibility index (Phi) is 5.18. The van der Waals surface area contributed by atoms with E-state index in [4.69, 9.17) is 0 Å². The molecule has 2 fully saturated rings. The topological polar surface area (TPSA) is 65.5 Å². The lowest BCUT2D eigenvalue weighted by molar-refractivity contribution is 0.0682. The zero-order valence-corrected chi connectivity index (χ0v) is 15.8. The lowest BCUT2D eigenvalue weighted by atomic mass is 10.00. The van der Waals surface area contributed by atoms with Gasteiger partial charge in [-0.15, -0.1) is 0 Å². The number of piperidine rings is 1. The van der Waals surface area contributed by atoms with Gasteiger partial charge in [-0.1, -0.05) is 13.0 Å². The van der Waals surface area contributed by atoms with E-state index < -0.39 is 0 Å². The number of hydrogen-bond acceptors (Lipinski definition) is 6. The first-order valence-corrected chi connectivity index (χ1v) is 9.73. The van der Waals surface area contributed by atoms with Crippen LogP contribution in [0.15, 0.2) is 36.8 Å². The number of amides is 1. The molecule has 2 aliphatic heterocycles. The van der Waals surface area contributed by atoms with E-state index in [1.165, 1.54) is 6.42 Å². The minimum Gasteiger partial charge on any atom is -0.353 e. The van der Waals surface area contributed by atoms with Gasteiger partial charge in [-0.05, 0) is 30.9 Å². The fraction of sp³-hybridized carbons (Fsp3) is 0.500. The maximum atomic E-state index is 12.7. The van der Waals surface area contributed by atoms with Crippen LogP contribution in [0.3, 0.4) is 0 Å². The number of likely N-dealkylation sites (tertiary alicyclic amines) is 1. The highest BCUT2D eigenvalue weighted by Gasteiger charge is 2.24. The minimum atomic E-state index is 0.0491. The van der Waals surface area contributed by atoms with Gasteiger partial charge in [0, 0.05) is 57.9 Å². The summed E-state index contributed by atoms with van der Waals surface area (Å²) in [6.07, 6.45) is 7.45. The van der Waals surface area contributed by atoms with Crippen LogP contribution in [0.2, 0.25) is 0 Å². The van der Waals surface area contributed by atoms with Crippen molar-refractivity contribution in [2.24, 2.45) is 5.92 Å². The number of pyridine rings is 1. The van der Waals surface area contributed by atoms with Gasteiger partial charge in [0.2, 0.25) is 5.95 Å². The lowest BCUT2D eigenvalue weighted by Crippen LogP contribution is -2.47. The summed E-state index contributed by atoms with van der Waals surface area (Å²) in [6, 6.07) is 5.98. The minimum absolute atomic E-state index is 0.0491. The molecule has 0 bridgehead atoms. The smallest absolute Gasteiger partial charge is 0.257 e. The van der Waals surface area contributed by atoms with Gasteiger partial charge in [-0.2, -0.15) is 0 Å². The summed E-state index contributed by atoms with van der Waals surface area (Å²) in [7, 11) is 0. The van der Waals surface area contributed by atoms with Crippen LogP contribution >= 0.6 is 0 Å². The van der Waals surface area contributed by atoms with Gasteiger partial charge in [0.25, 0.3) is 5.91 Å². The molecule has 0 radical (unpaired) electrons. The second-order valence-corrected chi connectivity index (χ2v) is 7.43. The third-order valence-corrected chi connectivity index (χ3v) is 5.37. The molecule has 142 valence electrons. The van der Waals surface area contributed by atoms with E-state index in [0.29, 0.717) is 17.4 Å². The molecule has 1 unspecified atom stereocenters. The average molecular weight is 366 g/mol. The fourth-order valence-corrected chi connectivity index (χ4v) is 3.83. The van der Waals surface area contributed by atoms with Crippen LogP contribution in [0.4, 0.5) is 11.8 Å². The van der Waals surface area contributed by atoms with Crippen molar-refractivity contribution >= 4 is 17.7 Å². The molecule has 0 aromatic carbocycles. The largest absolute Gasteiger partial charge is 0.353 e. The van der Waals surface area contributed by atoms with Crippen molar-refractivity contribution < 1.29 is 4.79 Å². The first kappa shape index (κ1) is 17.7. The third-order valence-electron chi connectivity index (χ3n) is 5.37. The lowest BCUT2D eigenvalue weighted by Gasteiger charge is -2.35. The molecule has 0 aliphatic carbocycles. The molecule has 4 rings (SSSR count). The highest BCUT2D eigenvalue weighted by atomic mass is 16.2. The van der Waals surface area contributed by atoms with Gasteiger partial charge >= 0.3 is 0 Å². The van der Waals surface area contributed by atoms with Crippen LogP contribution in [-0.4, -0.2) is 65.0 Å². The normalized spacial score (nSPS) is 20.6. The summed E-state index contributed by atoms with van der Waals surface area (Å²) in [5, 5.41) is 0. The molecule has 2 aromatic heterocycles. The first-order chi connectivity index (χ1) is 13.2. The Labute approximate surface area is 160 Å². The quantitative estimate of drug-likeness (QED) is 0.829. The van der Waals surface area contributed by atoms with E-state index in [2.05, 4.69) is 31.7 Å². The molecule has 2 saturated heterocycles. The molecule has 0 N–H and O–H groups in total. The Morgan fingerprint density at radius 1 is 1.00 bits per heavy atom. The summed E-state index contributed by atoms with van der Waals surface area (Å²) in [5.41, 5.74) is 0.583. The van der Waals surface area contributed by atoms with Crippen molar-refractivity contribution in [1.82, 2.24) is 19.9 Å².